The fourth-order valence-electron chi connectivity index (χ4n) is 3.46. The van der Waals surface area contributed by atoms with Crippen LogP contribution in [0.1, 0.15) is 16.7 Å². The van der Waals surface area contributed by atoms with Gasteiger partial charge in [0, 0.05) is 37.9 Å². The van der Waals surface area contributed by atoms with Gasteiger partial charge in [-0.25, -0.2) is 0 Å². The molecule has 0 bridgehead atoms. The number of piperazine rings is 1. The van der Waals surface area contributed by atoms with Crippen LogP contribution in [-0.2, 0) is 11.0 Å². The van der Waals surface area contributed by atoms with Gasteiger partial charge in [0.1, 0.15) is 0 Å². The Morgan fingerprint density at radius 1 is 1.13 bits per heavy atom. The largest absolute Gasteiger partial charge is 0.416 e. The Labute approximate surface area is 182 Å². The summed E-state index contributed by atoms with van der Waals surface area (Å²) in [6.45, 7) is 6.48. The highest BCUT2D eigenvalue weighted by Crippen LogP contribution is 2.36. The number of hydrogen-bond donors (Lipinski definition) is 0. The van der Waals surface area contributed by atoms with Crippen LogP contribution in [-0.4, -0.2) is 47.7 Å². The average Bonchev–Trinajstić information content (AvgIpc) is 2.73. The smallest absolute Gasteiger partial charge is 0.368 e. The van der Waals surface area contributed by atoms with Crippen molar-refractivity contribution in [1.29, 1.82) is 0 Å². The quantitative estimate of drug-likeness (QED) is 0.374. The number of rotatable bonds is 5. The Morgan fingerprint density at radius 3 is 2.42 bits per heavy atom. The van der Waals surface area contributed by atoms with Crippen LogP contribution in [0.4, 0.5) is 24.5 Å². The molecule has 6 nitrogen and oxygen atoms in total. The van der Waals surface area contributed by atoms with Crippen LogP contribution in [0.3, 0.4) is 0 Å². The number of carbonyl (C=O) groups is 1. The standard InChI is InChI=1S/C21H22F3N3O3S/c1-14-4-3-5-17(15(14)2)25-8-10-26(11-9-25)20(28)13-31-19-7-6-16(21(22,23)24)12-18(19)27(29)30/h3-7,12H,8-11,13H2,1-2H3. The molecular weight excluding hydrogens is 431 g/mol. The summed E-state index contributed by atoms with van der Waals surface area (Å²) in [6, 6.07) is 8.47. The highest BCUT2D eigenvalue weighted by atomic mass is 32.2. The van der Waals surface area contributed by atoms with Crippen molar-refractivity contribution >= 4 is 29.0 Å². The van der Waals surface area contributed by atoms with Gasteiger partial charge < -0.3 is 9.80 Å². The molecule has 0 spiro atoms. The molecule has 1 heterocycles. The Bertz CT molecular complexity index is 990. The highest BCUT2D eigenvalue weighted by molar-refractivity contribution is 8.00. The van der Waals surface area contributed by atoms with Crippen molar-refractivity contribution in [2.45, 2.75) is 24.9 Å². The molecule has 1 aliphatic rings. The lowest BCUT2D eigenvalue weighted by Crippen LogP contribution is -2.49. The normalized spacial score (nSPS) is 14.6. The lowest BCUT2D eigenvalue weighted by atomic mass is 10.1. The first-order valence-electron chi connectivity index (χ1n) is 9.65. The third-order valence-electron chi connectivity index (χ3n) is 5.38. The van der Waals surface area contributed by atoms with Gasteiger partial charge >= 0.3 is 6.18 Å². The number of nitro groups is 1. The van der Waals surface area contributed by atoms with Gasteiger partial charge in [-0.05, 0) is 43.2 Å². The second-order valence-electron chi connectivity index (χ2n) is 7.31. The predicted octanol–water partition coefficient (Wildman–Crippen LogP) is 4.67. The number of carbonyl (C=O) groups excluding carboxylic acids is 1. The van der Waals surface area contributed by atoms with Gasteiger partial charge in [0.2, 0.25) is 5.91 Å². The number of thioether (sulfide) groups is 1. The number of alkyl halides is 3. The zero-order valence-electron chi connectivity index (χ0n) is 17.1. The molecule has 166 valence electrons. The Balaban J connectivity index is 1.61. The van der Waals surface area contributed by atoms with E-state index in [1.165, 1.54) is 11.1 Å². The summed E-state index contributed by atoms with van der Waals surface area (Å²) in [4.78, 5) is 26.9. The van der Waals surface area contributed by atoms with Crippen molar-refractivity contribution < 1.29 is 22.9 Å². The van der Waals surface area contributed by atoms with Crippen LogP contribution in [0.25, 0.3) is 0 Å². The first-order chi connectivity index (χ1) is 14.6. The van der Waals surface area contributed by atoms with E-state index in [-0.39, 0.29) is 16.6 Å². The van der Waals surface area contributed by atoms with Crippen LogP contribution in [0, 0.1) is 24.0 Å². The molecular formula is C21H22F3N3O3S. The van der Waals surface area contributed by atoms with E-state index in [9.17, 15) is 28.1 Å². The number of aryl methyl sites for hydroxylation is 1. The van der Waals surface area contributed by atoms with E-state index in [0.29, 0.717) is 32.2 Å². The third kappa shape index (κ3) is 5.30. The minimum Gasteiger partial charge on any atom is -0.368 e. The molecule has 31 heavy (non-hydrogen) atoms. The van der Waals surface area contributed by atoms with Crippen LogP contribution >= 0.6 is 11.8 Å². The van der Waals surface area contributed by atoms with Gasteiger partial charge in [0.25, 0.3) is 5.69 Å². The molecule has 10 heteroatoms. The Kier molecular flexibility index (Phi) is 6.78. The first-order valence-corrected chi connectivity index (χ1v) is 10.6. The Morgan fingerprint density at radius 2 is 1.81 bits per heavy atom. The maximum atomic E-state index is 12.8. The van der Waals surface area contributed by atoms with Gasteiger partial charge in [-0.15, -0.1) is 11.8 Å². The minimum atomic E-state index is -4.67. The molecule has 0 aliphatic carbocycles. The van der Waals surface area contributed by atoms with Gasteiger partial charge in [0.05, 0.1) is 21.1 Å². The molecule has 0 saturated carbocycles. The molecule has 1 saturated heterocycles. The number of anilines is 1. The molecule has 0 N–H and O–H groups in total. The second-order valence-corrected chi connectivity index (χ2v) is 8.33. The van der Waals surface area contributed by atoms with E-state index in [2.05, 4.69) is 30.9 Å². The third-order valence-corrected chi connectivity index (χ3v) is 6.43. The number of halogens is 3. The fourth-order valence-corrected chi connectivity index (χ4v) is 4.37. The number of nitro benzene ring substituents is 1. The van der Waals surface area contributed by atoms with E-state index in [1.54, 1.807) is 4.90 Å². The zero-order valence-corrected chi connectivity index (χ0v) is 17.9. The van der Waals surface area contributed by atoms with Crippen molar-refractivity contribution in [1.82, 2.24) is 4.90 Å². The van der Waals surface area contributed by atoms with E-state index < -0.39 is 22.4 Å². The van der Waals surface area contributed by atoms with Crippen molar-refractivity contribution in [3.8, 4) is 0 Å². The number of hydrogen-bond acceptors (Lipinski definition) is 5. The molecule has 0 radical (unpaired) electrons. The summed E-state index contributed by atoms with van der Waals surface area (Å²) in [7, 11) is 0. The van der Waals surface area contributed by atoms with Crippen molar-refractivity contribution in [3.63, 3.8) is 0 Å². The van der Waals surface area contributed by atoms with E-state index in [1.807, 2.05) is 6.07 Å². The summed E-state index contributed by atoms with van der Waals surface area (Å²) in [5.41, 5.74) is 1.81. The number of benzene rings is 2. The van der Waals surface area contributed by atoms with Gasteiger partial charge in [-0.3, -0.25) is 14.9 Å². The van der Waals surface area contributed by atoms with Gasteiger partial charge in [-0.2, -0.15) is 13.2 Å². The van der Waals surface area contributed by atoms with E-state index >= 15 is 0 Å². The summed E-state index contributed by atoms with van der Waals surface area (Å²) in [6.07, 6.45) is -4.67. The molecule has 1 aliphatic heterocycles. The van der Waals surface area contributed by atoms with Crippen LogP contribution < -0.4 is 4.90 Å². The van der Waals surface area contributed by atoms with Gasteiger partial charge in [-0.1, -0.05) is 12.1 Å². The van der Waals surface area contributed by atoms with Crippen LogP contribution in [0.2, 0.25) is 0 Å². The maximum Gasteiger partial charge on any atom is 0.416 e. The Hall–Kier alpha value is -2.75. The maximum absolute atomic E-state index is 12.8. The summed E-state index contributed by atoms with van der Waals surface area (Å²) in [5, 5.41) is 11.2. The minimum absolute atomic E-state index is 0.0420. The lowest BCUT2D eigenvalue weighted by Gasteiger charge is -2.37. The van der Waals surface area contributed by atoms with E-state index in [0.717, 1.165) is 29.6 Å². The second kappa shape index (κ2) is 9.17. The SMILES string of the molecule is Cc1cccc(N2CCN(C(=O)CSc3ccc(C(F)(F)F)cc3[N+](=O)[O-])CC2)c1C. The monoisotopic (exact) mass is 453 g/mol. The van der Waals surface area contributed by atoms with E-state index in [4.69, 9.17) is 0 Å². The number of amides is 1. The summed E-state index contributed by atoms with van der Waals surface area (Å²) >= 11 is 0.884. The highest BCUT2D eigenvalue weighted by Gasteiger charge is 2.33. The molecule has 0 unspecified atom stereocenters. The van der Waals surface area contributed by atoms with Crippen molar-refractivity contribution in [2.75, 3.05) is 36.8 Å². The molecule has 1 amide bonds. The van der Waals surface area contributed by atoms with Crippen LogP contribution in [0.5, 0.6) is 0 Å². The molecule has 2 aromatic rings. The van der Waals surface area contributed by atoms with Crippen molar-refractivity contribution in [3.05, 3.63) is 63.2 Å². The molecule has 1 fully saturated rings. The molecule has 3 rings (SSSR count). The fraction of sp³-hybridized carbons (Fsp3) is 0.381. The summed E-state index contributed by atoms with van der Waals surface area (Å²) in [5.74, 6) is -0.268. The lowest BCUT2D eigenvalue weighted by molar-refractivity contribution is -0.388. The predicted molar refractivity (Wildman–Crippen MR) is 114 cm³/mol. The van der Waals surface area contributed by atoms with Crippen molar-refractivity contribution in [2.24, 2.45) is 0 Å². The zero-order chi connectivity index (χ0) is 22.8. The molecule has 0 atom stereocenters. The molecule has 0 aromatic heterocycles. The van der Waals surface area contributed by atoms with Crippen LogP contribution in [0.15, 0.2) is 41.3 Å². The summed E-state index contributed by atoms with van der Waals surface area (Å²) < 4.78 is 38.5. The molecule has 2 aromatic carbocycles. The first kappa shape index (κ1) is 22.9. The van der Waals surface area contributed by atoms with Gasteiger partial charge in [0.15, 0.2) is 0 Å². The topological polar surface area (TPSA) is 66.7 Å². The average molecular weight is 453 g/mol. The number of nitrogens with zero attached hydrogens (tertiary/aromatic N) is 3.